The molecule has 0 N–H and O–H groups in total. The molecule has 0 aliphatic carbocycles. The smallest absolute Gasteiger partial charge is 0.0534 e. The first-order valence-electron chi connectivity index (χ1n) is 7.01. The number of hydrogen-bond donors (Lipinski definition) is 0. The number of hydrogen-bond acceptors (Lipinski definition) is 0. The van der Waals surface area contributed by atoms with Crippen LogP contribution in [0, 0.1) is 13.8 Å². The third-order valence-electron chi connectivity index (χ3n) is 3.51. The summed E-state index contributed by atoms with van der Waals surface area (Å²) in [7, 11) is 0. The Morgan fingerprint density at radius 2 is 1.45 bits per heavy atom. The van der Waals surface area contributed by atoms with Crippen molar-refractivity contribution in [3.8, 4) is 5.69 Å². The Kier molecular flexibility index (Phi) is 4.66. The van der Waals surface area contributed by atoms with Gasteiger partial charge in [-0.15, -0.1) is 0 Å². The lowest BCUT2D eigenvalue weighted by Crippen LogP contribution is -1.96. The van der Waals surface area contributed by atoms with Crippen LogP contribution < -0.4 is 0 Å². The molecule has 1 heterocycles. The van der Waals surface area contributed by atoms with Crippen molar-refractivity contribution >= 4 is 26.8 Å². The summed E-state index contributed by atoms with van der Waals surface area (Å²) in [6.45, 7) is 8.37. The van der Waals surface area contributed by atoms with E-state index in [1.165, 1.54) is 27.8 Å². The van der Waals surface area contributed by atoms with Crippen molar-refractivity contribution in [2.45, 2.75) is 27.7 Å². The Hall–Kier alpha value is -1.54. The maximum absolute atomic E-state index is 3.48. The van der Waals surface area contributed by atoms with E-state index >= 15 is 0 Å². The third kappa shape index (κ3) is 2.53. The van der Waals surface area contributed by atoms with Gasteiger partial charge in [0, 0.05) is 21.2 Å². The number of halogens is 1. The molecule has 0 fully saturated rings. The van der Waals surface area contributed by atoms with Crippen molar-refractivity contribution in [2.24, 2.45) is 0 Å². The van der Waals surface area contributed by atoms with Gasteiger partial charge in [-0.05, 0) is 49.7 Å². The number of rotatable bonds is 1. The van der Waals surface area contributed by atoms with Crippen LogP contribution in [-0.4, -0.2) is 4.57 Å². The molecular weight excluding hydrogens is 310 g/mol. The first-order valence-corrected chi connectivity index (χ1v) is 7.80. The summed E-state index contributed by atoms with van der Waals surface area (Å²) < 4.78 is 3.42. The molecule has 3 aromatic rings. The molecule has 0 aliphatic heterocycles. The predicted molar refractivity (Wildman–Crippen MR) is 91.8 cm³/mol. The minimum atomic E-state index is 1.11. The summed E-state index contributed by atoms with van der Waals surface area (Å²) in [4.78, 5) is 0. The summed E-state index contributed by atoms with van der Waals surface area (Å²) in [5.41, 5.74) is 5.14. The van der Waals surface area contributed by atoms with Gasteiger partial charge in [-0.25, -0.2) is 0 Å². The summed E-state index contributed by atoms with van der Waals surface area (Å²) in [6.07, 6.45) is 0. The fourth-order valence-electron chi connectivity index (χ4n) is 2.45. The van der Waals surface area contributed by atoms with Crippen LogP contribution in [0.5, 0.6) is 0 Å². The quantitative estimate of drug-likeness (QED) is 0.513. The van der Waals surface area contributed by atoms with Crippen LogP contribution in [-0.2, 0) is 0 Å². The van der Waals surface area contributed by atoms with E-state index in [9.17, 15) is 0 Å². The van der Waals surface area contributed by atoms with Crippen molar-refractivity contribution in [1.29, 1.82) is 0 Å². The van der Waals surface area contributed by atoms with Gasteiger partial charge in [0.25, 0.3) is 0 Å². The first-order chi connectivity index (χ1) is 9.68. The summed E-state index contributed by atoms with van der Waals surface area (Å²) in [6, 6.07) is 17.0. The number of aryl methyl sites for hydroxylation is 1. The fourth-order valence-corrected chi connectivity index (χ4v) is 2.72. The van der Waals surface area contributed by atoms with Gasteiger partial charge in [-0.1, -0.05) is 48.0 Å². The van der Waals surface area contributed by atoms with Crippen molar-refractivity contribution in [1.82, 2.24) is 4.57 Å². The number of benzene rings is 2. The van der Waals surface area contributed by atoms with Crippen LogP contribution >= 0.6 is 15.9 Å². The van der Waals surface area contributed by atoms with Crippen molar-refractivity contribution in [3.05, 3.63) is 64.3 Å². The maximum Gasteiger partial charge on any atom is 0.0534 e. The van der Waals surface area contributed by atoms with E-state index in [4.69, 9.17) is 0 Å². The zero-order valence-electron chi connectivity index (χ0n) is 12.4. The van der Waals surface area contributed by atoms with Crippen molar-refractivity contribution in [2.75, 3.05) is 0 Å². The maximum atomic E-state index is 3.48. The highest BCUT2D eigenvalue weighted by molar-refractivity contribution is 9.10. The lowest BCUT2D eigenvalue weighted by Gasteiger charge is -2.08. The van der Waals surface area contributed by atoms with E-state index in [1.807, 2.05) is 13.8 Å². The molecule has 20 heavy (non-hydrogen) atoms. The highest BCUT2D eigenvalue weighted by Crippen LogP contribution is 2.28. The molecule has 1 aromatic heterocycles. The zero-order chi connectivity index (χ0) is 14.7. The molecule has 2 aromatic carbocycles. The lowest BCUT2D eigenvalue weighted by atomic mass is 10.2. The van der Waals surface area contributed by atoms with Gasteiger partial charge in [0.2, 0.25) is 0 Å². The van der Waals surface area contributed by atoms with E-state index in [0.29, 0.717) is 0 Å². The molecular formula is C18H20BrN. The minimum Gasteiger partial charge on any atom is -0.314 e. The molecule has 0 saturated heterocycles. The second-order valence-corrected chi connectivity index (χ2v) is 5.46. The number of aromatic nitrogens is 1. The molecule has 0 radical (unpaired) electrons. The highest BCUT2D eigenvalue weighted by Gasteiger charge is 2.11. The van der Waals surface area contributed by atoms with Gasteiger partial charge in [0.05, 0.1) is 5.52 Å². The molecule has 0 amide bonds. The average molecular weight is 330 g/mol. The normalized spacial score (nSPS) is 10.2. The van der Waals surface area contributed by atoms with Gasteiger partial charge in [0.1, 0.15) is 0 Å². The van der Waals surface area contributed by atoms with E-state index in [2.05, 4.69) is 82.9 Å². The average Bonchev–Trinajstić information content (AvgIpc) is 2.75. The van der Waals surface area contributed by atoms with Crippen molar-refractivity contribution < 1.29 is 0 Å². The van der Waals surface area contributed by atoms with Crippen LogP contribution in [0.25, 0.3) is 16.6 Å². The number of fused-ring (bicyclic) bond motifs is 1. The number of para-hydroxylation sites is 1. The lowest BCUT2D eigenvalue weighted by molar-refractivity contribution is 1.04. The molecule has 0 atom stereocenters. The summed E-state index contributed by atoms with van der Waals surface area (Å²) >= 11 is 3.48. The second-order valence-electron chi connectivity index (χ2n) is 4.54. The minimum absolute atomic E-state index is 1.11. The van der Waals surface area contributed by atoms with E-state index in [-0.39, 0.29) is 0 Å². The van der Waals surface area contributed by atoms with Gasteiger partial charge >= 0.3 is 0 Å². The highest BCUT2D eigenvalue weighted by atomic mass is 79.9. The third-order valence-corrected chi connectivity index (χ3v) is 4.04. The zero-order valence-corrected chi connectivity index (χ0v) is 14.0. The molecule has 1 nitrogen and oxygen atoms in total. The SMILES string of the molecule is CC.Cc1c(C)n(-c2ccc(Br)cc2)c2ccccc12. The molecule has 0 unspecified atom stereocenters. The van der Waals surface area contributed by atoms with E-state index in [1.54, 1.807) is 0 Å². The Bertz CT molecular complexity index is 708. The van der Waals surface area contributed by atoms with E-state index in [0.717, 1.165) is 4.47 Å². The van der Waals surface area contributed by atoms with Crippen LogP contribution in [0.3, 0.4) is 0 Å². The summed E-state index contributed by atoms with van der Waals surface area (Å²) in [5, 5.41) is 1.33. The summed E-state index contributed by atoms with van der Waals surface area (Å²) in [5.74, 6) is 0. The van der Waals surface area contributed by atoms with Gasteiger partial charge in [-0.3, -0.25) is 0 Å². The Morgan fingerprint density at radius 1 is 0.850 bits per heavy atom. The van der Waals surface area contributed by atoms with Gasteiger partial charge in [0.15, 0.2) is 0 Å². The molecule has 2 heteroatoms. The van der Waals surface area contributed by atoms with Crippen LogP contribution in [0.2, 0.25) is 0 Å². The molecule has 0 bridgehead atoms. The van der Waals surface area contributed by atoms with Crippen molar-refractivity contribution in [3.63, 3.8) is 0 Å². The molecule has 3 rings (SSSR count). The van der Waals surface area contributed by atoms with Crippen LogP contribution in [0.15, 0.2) is 53.0 Å². The Balaban J connectivity index is 0.000000704. The monoisotopic (exact) mass is 329 g/mol. The van der Waals surface area contributed by atoms with Gasteiger partial charge in [-0.2, -0.15) is 0 Å². The topological polar surface area (TPSA) is 4.93 Å². The molecule has 0 saturated carbocycles. The Morgan fingerprint density at radius 3 is 2.10 bits per heavy atom. The fraction of sp³-hybridized carbons (Fsp3) is 0.222. The Labute approximate surface area is 129 Å². The second kappa shape index (κ2) is 6.27. The largest absolute Gasteiger partial charge is 0.314 e. The first kappa shape index (κ1) is 14.9. The number of nitrogens with zero attached hydrogens (tertiary/aromatic N) is 1. The van der Waals surface area contributed by atoms with Crippen LogP contribution in [0.1, 0.15) is 25.1 Å². The van der Waals surface area contributed by atoms with E-state index < -0.39 is 0 Å². The molecule has 0 aliphatic rings. The predicted octanol–water partition coefficient (Wildman–Crippen LogP) is 6.04. The standard InChI is InChI=1S/C16H14BrN.C2H6/c1-11-12(2)18(14-9-7-13(17)8-10-14)16-6-4-3-5-15(11)16;1-2/h3-10H,1-2H3;1-2H3. The van der Waals surface area contributed by atoms with Crippen LogP contribution in [0.4, 0.5) is 0 Å². The molecule has 104 valence electrons. The van der Waals surface area contributed by atoms with Gasteiger partial charge < -0.3 is 4.57 Å². The molecule has 0 spiro atoms.